The first-order valence-corrected chi connectivity index (χ1v) is 9.20. The second kappa shape index (κ2) is 8.61. The Balaban J connectivity index is 1.86. The molecule has 2 aromatic rings. The molecule has 0 amide bonds. The quantitative estimate of drug-likeness (QED) is 0.577. The zero-order valence-corrected chi connectivity index (χ0v) is 15.5. The topological polar surface area (TPSA) is 18.5 Å². The Morgan fingerprint density at radius 1 is 1.07 bits per heavy atom. The van der Waals surface area contributed by atoms with Gasteiger partial charge in [-0.05, 0) is 38.8 Å². The van der Waals surface area contributed by atoms with Crippen molar-refractivity contribution < 1.29 is 22.6 Å². The van der Waals surface area contributed by atoms with Gasteiger partial charge in [0.05, 0.1) is 19.3 Å². The lowest BCUT2D eigenvalue weighted by Gasteiger charge is -2.28. The molecule has 3 rings (SSSR count). The molecule has 1 aliphatic rings. The van der Waals surface area contributed by atoms with Crippen LogP contribution in [0.25, 0.3) is 11.1 Å². The van der Waals surface area contributed by atoms with Gasteiger partial charge in [0.25, 0.3) is 0 Å². The van der Waals surface area contributed by atoms with Gasteiger partial charge >= 0.3 is 0 Å². The second-order valence-corrected chi connectivity index (χ2v) is 6.59. The van der Waals surface area contributed by atoms with Gasteiger partial charge in [-0.25, -0.2) is 13.2 Å². The number of halogens is 3. The molecule has 2 nitrogen and oxygen atoms in total. The van der Waals surface area contributed by atoms with Crippen molar-refractivity contribution in [2.75, 3.05) is 13.2 Å². The van der Waals surface area contributed by atoms with E-state index in [4.69, 9.17) is 9.47 Å². The molecule has 27 heavy (non-hydrogen) atoms. The van der Waals surface area contributed by atoms with Gasteiger partial charge in [0.15, 0.2) is 11.6 Å². The maximum absolute atomic E-state index is 14.7. The fourth-order valence-electron chi connectivity index (χ4n) is 3.43. The van der Waals surface area contributed by atoms with E-state index >= 15 is 0 Å². The summed E-state index contributed by atoms with van der Waals surface area (Å²) in [7, 11) is 0. The van der Waals surface area contributed by atoms with Crippen molar-refractivity contribution >= 4 is 0 Å². The van der Waals surface area contributed by atoms with Gasteiger partial charge in [0, 0.05) is 28.7 Å². The number of benzene rings is 2. The maximum Gasteiger partial charge on any atom is 0.167 e. The molecule has 1 heterocycles. The van der Waals surface area contributed by atoms with Crippen molar-refractivity contribution in [1.29, 1.82) is 0 Å². The monoisotopic (exact) mass is 376 g/mol. The standard InChI is InChI=1S/C22H23F3O2/c1-3-5-14-6-11-20(27-13-14)18-10-9-17(21(24)22(18)25)16-8-7-15(26-4-2)12-19(16)23/h3,5,7-10,12,14,20H,4,6,11,13H2,1-2H3/b5-3+. The Morgan fingerprint density at radius 3 is 2.48 bits per heavy atom. The van der Waals surface area contributed by atoms with E-state index < -0.39 is 23.6 Å². The predicted molar refractivity (Wildman–Crippen MR) is 99.2 cm³/mol. The molecule has 2 aromatic carbocycles. The number of ether oxygens (including phenoxy) is 2. The summed E-state index contributed by atoms with van der Waals surface area (Å²) in [6.07, 6.45) is 5.01. The summed E-state index contributed by atoms with van der Waals surface area (Å²) in [5, 5.41) is 0. The van der Waals surface area contributed by atoms with E-state index in [-0.39, 0.29) is 16.7 Å². The summed E-state index contributed by atoms with van der Waals surface area (Å²) in [6.45, 7) is 4.60. The largest absolute Gasteiger partial charge is 0.494 e. The van der Waals surface area contributed by atoms with Crippen LogP contribution in [0.2, 0.25) is 0 Å². The van der Waals surface area contributed by atoms with Crippen LogP contribution in [-0.4, -0.2) is 13.2 Å². The van der Waals surface area contributed by atoms with Crippen molar-refractivity contribution in [3.8, 4) is 16.9 Å². The van der Waals surface area contributed by atoms with Crippen LogP contribution in [0.5, 0.6) is 5.75 Å². The van der Waals surface area contributed by atoms with E-state index in [1.807, 2.05) is 13.0 Å². The number of rotatable bonds is 5. The predicted octanol–water partition coefficient (Wildman–Crippen LogP) is 6.21. The molecule has 0 radical (unpaired) electrons. The molecule has 1 aliphatic heterocycles. The molecule has 1 saturated heterocycles. The summed E-state index contributed by atoms with van der Waals surface area (Å²) < 4.78 is 54.7. The minimum atomic E-state index is -1.06. The highest BCUT2D eigenvalue weighted by atomic mass is 19.2. The molecule has 2 unspecified atom stereocenters. The molecule has 0 aromatic heterocycles. The van der Waals surface area contributed by atoms with E-state index in [0.717, 1.165) is 6.42 Å². The van der Waals surface area contributed by atoms with Crippen LogP contribution in [-0.2, 0) is 4.74 Å². The SMILES string of the molecule is C/C=C/C1CCC(c2ccc(-c3ccc(OCC)cc3F)c(F)c2F)OC1. The molecule has 144 valence electrons. The van der Waals surface area contributed by atoms with Gasteiger partial charge in [0.2, 0.25) is 0 Å². The molecule has 0 aliphatic carbocycles. The Kier molecular flexibility index (Phi) is 6.22. The molecule has 0 saturated carbocycles. The maximum atomic E-state index is 14.7. The van der Waals surface area contributed by atoms with E-state index in [9.17, 15) is 13.2 Å². The van der Waals surface area contributed by atoms with E-state index in [0.29, 0.717) is 31.3 Å². The lowest BCUT2D eigenvalue weighted by molar-refractivity contribution is -0.00743. The summed E-state index contributed by atoms with van der Waals surface area (Å²) >= 11 is 0. The van der Waals surface area contributed by atoms with Gasteiger partial charge in [-0.3, -0.25) is 0 Å². The summed E-state index contributed by atoms with van der Waals surface area (Å²) in [4.78, 5) is 0. The molecule has 1 fully saturated rings. The molecule has 2 atom stereocenters. The lowest BCUT2D eigenvalue weighted by Crippen LogP contribution is -2.20. The van der Waals surface area contributed by atoms with E-state index in [2.05, 4.69) is 6.08 Å². The van der Waals surface area contributed by atoms with Gasteiger partial charge in [0.1, 0.15) is 11.6 Å². The zero-order chi connectivity index (χ0) is 19.4. The minimum absolute atomic E-state index is 0.000822. The summed E-state index contributed by atoms with van der Waals surface area (Å²) in [6, 6.07) is 7.02. The van der Waals surface area contributed by atoms with Gasteiger partial charge in [-0.15, -0.1) is 0 Å². The molecule has 0 spiro atoms. The van der Waals surface area contributed by atoms with Gasteiger partial charge in [-0.1, -0.05) is 24.3 Å². The van der Waals surface area contributed by atoms with Crippen LogP contribution < -0.4 is 4.74 Å². The first-order chi connectivity index (χ1) is 13.0. The van der Waals surface area contributed by atoms with Gasteiger partial charge in [-0.2, -0.15) is 0 Å². The molecule has 0 N–H and O–H groups in total. The molecule has 5 heteroatoms. The van der Waals surface area contributed by atoms with Gasteiger partial charge < -0.3 is 9.47 Å². The fraction of sp³-hybridized carbons (Fsp3) is 0.364. The van der Waals surface area contributed by atoms with Crippen molar-refractivity contribution in [3.05, 3.63) is 65.5 Å². The third-order valence-electron chi connectivity index (χ3n) is 4.78. The average molecular weight is 376 g/mol. The highest BCUT2D eigenvalue weighted by molar-refractivity contribution is 5.66. The van der Waals surface area contributed by atoms with Crippen LogP contribution in [0.15, 0.2) is 42.5 Å². The van der Waals surface area contributed by atoms with E-state index in [1.165, 1.54) is 24.3 Å². The molecular weight excluding hydrogens is 353 g/mol. The summed E-state index contributed by atoms with van der Waals surface area (Å²) in [5.74, 6) is -2.04. The first-order valence-electron chi connectivity index (χ1n) is 9.20. The van der Waals surface area contributed by atoms with Crippen LogP contribution in [0, 0.1) is 23.4 Å². The molecule has 0 bridgehead atoms. The average Bonchev–Trinajstić information content (AvgIpc) is 2.66. The third-order valence-corrected chi connectivity index (χ3v) is 4.78. The molecular formula is C22H23F3O2. The van der Waals surface area contributed by atoms with Crippen molar-refractivity contribution in [2.24, 2.45) is 5.92 Å². The van der Waals surface area contributed by atoms with Crippen LogP contribution in [0.3, 0.4) is 0 Å². The Morgan fingerprint density at radius 2 is 1.85 bits per heavy atom. The van der Waals surface area contributed by atoms with Crippen LogP contribution in [0.4, 0.5) is 13.2 Å². The highest BCUT2D eigenvalue weighted by Crippen LogP contribution is 2.36. The number of hydrogen-bond acceptors (Lipinski definition) is 2. The fourth-order valence-corrected chi connectivity index (χ4v) is 3.43. The smallest absolute Gasteiger partial charge is 0.167 e. The van der Waals surface area contributed by atoms with Crippen molar-refractivity contribution in [2.45, 2.75) is 32.8 Å². The number of allylic oxidation sites excluding steroid dienone is 1. The van der Waals surface area contributed by atoms with Crippen molar-refractivity contribution in [3.63, 3.8) is 0 Å². The Labute approximate surface area is 157 Å². The third kappa shape index (κ3) is 4.19. The van der Waals surface area contributed by atoms with Crippen LogP contribution >= 0.6 is 0 Å². The van der Waals surface area contributed by atoms with Crippen LogP contribution in [0.1, 0.15) is 38.4 Å². The lowest BCUT2D eigenvalue weighted by atomic mass is 9.92. The highest BCUT2D eigenvalue weighted by Gasteiger charge is 2.26. The Bertz CT molecular complexity index is 825. The second-order valence-electron chi connectivity index (χ2n) is 6.59. The normalized spacial score (nSPS) is 20.2. The minimum Gasteiger partial charge on any atom is -0.494 e. The summed E-state index contributed by atoms with van der Waals surface area (Å²) in [5.41, 5.74) is 0.0695. The van der Waals surface area contributed by atoms with Crippen molar-refractivity contribution in [1.82, 2.24) is 0 Å². The van der Waals surface area contributed by atoms with E-state index in [1.54, 1.807) is 13.0 Å². The zero-order valence-electron chi connectivity index (χ0n) is 15.5. The Hall–Kier alpha value is -2.27. The first kappa shape index (κ1) is 19.5. The number of hydrogen-bond donors (Lipinski definition) is 0.